The van der Waals surface area contributed by atoms with E-state index in [4.69, 9.17) is 0 Å². The fourth-order valence-electron chi connectivity index (χ4n) is 4.41. The van der Waals surface area contributed by atoms with Gasteiger partial charge in [-0.15, -0.1) is 0 Å². The number of likely N-dealkylation sites (N-methyl/N-ethyl adjacent to an activating group) is 1. The quantitative estimate of drug-likeness (QED) is 0.817. The van der Waals surface area contributed by atoms with Crippen molar-refractivity contribution < 1.29 is 9.59 Å². The number of fused-ring (bicyclic) bond motifs is 1. The highest BCUT2D eigenvalue weighted by Crippen LogP contribution is 2.27. The van der Waals surface area contributed by atoms with Crippen LogP contribution in [-0.2, 0) is 13.0 Å². The van der Waals surface area contributed by atoms with Gasteiger partial charge in [0.15, 0.2) is 5.78 Å². The Bertz CT molecular complexity index is 892. The van der Waals surface area contributed by atoms with Gasteiger partial charge in [-0.2, -0.15) is 0 Å². The summed E-state index contributed by atoms with van der Waals surface area (Å²) in [6.07, 6.45) is 2.25. The molecule has 6 nitrogen and oxygen atoms in total. The third-order valence-electron chi connectivity index (χ3n) is 6.19. The molecule has 154 valence electrons. The van der Waals surface area contributed by atoms with E-state index in [0.29, 0.717) is 12.1 Å². The Morgan fingerprint density at radius 1 is 1.07 bits per heavy atom. The van der Waals surface area contributed by atoms with E-state index in [0.717, 1.165) is 74.6 Å². The van der Waals surface area contributed by atoms with Crippen LogP contribution in [-0.4, -0.2) is 59.2 Å². The topological polar surface area (TPSA) is 68.4 Å². The lowest BCUT2D eigenvalue weighted by atomic mass is 9.94. The van der Waals surface area contributed by atoms with Crippen molar-refractivity contribution in [2.45, 2.75) is 39.7 Å². The Kier molecular flexibility index (Phi) is 5.83. The number of H-pyrrole nitrogens is 1. The highest BCUT2D eigenvalue weighted by Gasteiger charge is 2.26. The molecule has 0 radical (unpaired) electrons. The molecule has 1 aromatic carbocycles. The van der Waals surface area contributed by atoms with Crippen molar-refractivity contribution in [2.24, 2.45) is 0 Å². The summed E-state index contributed by atoms with van der Waals surface area (Å²) in [6, 6.07) is 8.08. The summed E-state index contributed by atoms with van der Waals surface area (Å²) in [4.78, 5) is 33.1. The van der Waals surface area contributed by atoms with E-state index in [1.165, 1.54) is 5.56 Å². The number of amides is 1. The van der Waals surface area contributed by atoms with E-state index in [1.807, 2.05) is 19.1 Å². The van der Waals surface area contributed by atoms with Gasteiger partial charge in [0.05, 0.1) is 0 Å². The first-order valence-electron chi connectivity index (χ1n) is 10.6. The largest absolute Gasteiger partial charge is 0.354 e. The zero-order chi connectivity index (χ0) is 20.4. The van der Waals surface area contributed by atoms with Crippen LogP contribution in [0.25, 0.3) is 0 Å². The highest BCUT2D eigenvalue weighted by atomic mass is 16.2. The second-order valence-electron chi connectivity index (χ2n) is 8.12. The standard InChI is InChI=1S/C23H30N4O2/c1-3-26-11-13-27(14-12-26)15-17-7-9-18(10-8-17)24-23(29)22-16(2)21-19(25-22)5-4-6-20(21)28/h7-10,25H,3-6,11-15H2,1-2H3,(H,24,29). The molecule has 6 heteroatoms. The predicted molar refractivity (Wildman–Crippen MR) is 115 cm³/mol. The van der Waals surface area contributed by atoms with Crippen LogP contribution in [0.2, 0.25) is 0 Å². The van der Waals surface area contributed by atoms with Gasteiger partial charge < -0.3 is 15.2 Å². The zero-order valence-electron chi connectivity index (χ0n) is 17.4. The van der Waals surface area contributed by atoms with Gasteiger partial charge in [-0.3, -0.25) is 14.5 Å². The van der Waals surface area contributed by atoms with Crippen molar-refractivity contribution in [2.75, 3.05) is 38.0 Å². The number of benzene rings is 1. The second-order valence-corrected chi connectivity index (χ2v) is 8.12. The molecule has 0 bridgehead atoms. The molecule has 0 spiro atoms. The number of ketones is 1. The molecular formula is C23H30N4O2. The monoisotopic (exact) mass is 394 g/mol. The van der Waals surface area contributed by atoms with Crippen molar-refractivity contribution in [3.63, 3.8) is 0 Å². The summed E-state index contributed by atoms with van der Waals surface area (Å²) in [6.45, 7) is 10.6. The zero-order valence-corrected chi connectivity index (χ0v) is 17.4. The first kappa shape index (κ1) is 19.9. The van der Waals surface area contributed by atoms with Crippen LogP contribution in [0.4, 0.5) is 5.69 Å². The van der Waals surface area contributed by atoms with Gasteiger partial charge in [0.1, 0.15) is 5.69 Å². The molecule has 0 atom stereocenters. The van der Waals surface area contributed by atoms with Crippen LogP contribution >= 0.6 is 0 Å². The van der Waals surface area contributed by atoms with E-state index in [-0.39, 0.29) is 11.7 Å². The van der Waals surface area contributed by atoms with Crippen LogP contribution < -0.4 is 5.32 Å². The average molecular weight is 395 g/mol. The van der Waals surface area contributed by atoms with E-state index in [1.54, 1.807) is 0 Å². The fourth-order valence-corrected chi connectivity index (χ4v) is 4.41. The fraction of sp³-hybridized carbons (Fsp3) is 0.478. The van der Waals surface area contributed by atoms with Gasteiger partial charge in [-0.05, 0) is 49.6 Å². The number of aryl methyl sites for hydroxylation is 1. The summed E-state index contributed by atoms with van der Waals surface area (Å²) in [5, 5.41) is 2.97. The molecular weight excluding hydrogens is 364 g/mol. The predicted octanol–water partition coefficient (Wildman–Crippen LogP) is 3.23. The molecule has 29 heavy (non-hydrogen) atoms. The van der Waals surface area contributed by atoms with Crippen molar-refractivity contribution in [3.8, 4) is 0 Å². The summed E-state index contributed by atoms with van der Waals surface area (Å²) in [5.74, 6) is -0.0451. The third-order valence-corrected chi connectivity index (χ3v) is 6.19. The Morgan fingerprint density at radius 3 is 2.41 bits per heavy atom. The number of piperazine rings is 1. The summed E-state index contributed by atoms with van der Waals surface area (Å²) < 4.78 is 0. The number of anilines is 1. The molecule has 2 aromatic rings. The third kappa shape index (κ3) is 4.28. The Hall–Kier alpha value is -2.44. The van der Waals surface area contributed by atoms with Crippen molar-refractivity contribution >= 4 is 17.4 Å². The Balaban J connectivity index is 1.38. The van der Waals surface area contributed by atoms with Gasteiger partial charge in [-0.1, -0.05) is 19.1 Å². The van der Waals surface area contributed by atoms with E-state index in [2.05, 4.69) is 39.2 Å². The van der Waals surface area contributed by atoms with Crippen LogP contribution in [0, 0.1) is 6.92 Å². The molecule has 1 aliphatic heterocycles. The number of hydrogen-bond acceptors (Lipinski definition) is 4. The minimum Gasteiger partial charge on any atom is -0.354 e. The van der Waals surface area contributed by atoms with Gasteiger partial charge in [-0.25, -0.2) is 0 Å². The summed E-state index contributed by atoms with van der Waals surface area (Å²) in [7, 11) is 0. The molecule has 4 rings (SSSR count). The second kappa shape index (κ2) is 8.51. The van der Waals surface area contributed by atoms with Crippen LogP contribution in [0.15, 0.2) is 24.3 Å². The lowest BCUT2D eigenvalue weighted by Crippen LogP contribution is -2.45. The maximum atomic E-state index is 12.8. The lowest BCUT2D eigenvalue weighted by Gasteiger charge is -2.34. The molecule has 0 saturated carbocycles. The lowest BCUT2D eigenvalue weighted by molar-refractivity contribution is 0.0971. The molecule has 2 aliphatic rings. The van der Waals surface area contributed by atoms with Gasteiger partial charge in [0, 0.05) is 56.1 Å². The summed E-state index contributed by atoms with van der Waals surface area (Å²) in [5.41, 5.74) is 4.92. The van der Waals surface area contributed by atoms with Crippen molar-refractivity contribution in [1.29, 1.82) is 0 Å². The van der Waals surface area contributed by atoms with E-state index < -0.39 is 0 Å². The van der Waals surface area contributed by atoms with E-state index >= 15 is 0 Å². The Labute approximate surface area is 172 Å². The minimum atomic E-state index is -0.187. The van der Waals surface area contributed by atoms with Crippen LogP contribution in [0.1, 0.15) is 57.4 Å². The molecule has 2 N–H and O–H groups in total. The number of nitrogens with zero attached hydrogens (tertiary/aromatic N) is 2. The maximum Gasteiger partial charge on any atom is 0.272 e. The van der Waals surface area contributed by atoms with Crippen LogP contribution in [0.5, 0.6) is 0 Å². The first-order valence-corrected chi connectivity index (χ1v) is 10.6. The first-order chi connectivity index (χ1) is 14.0. The molecule has 1 aromatic heterocycles. The Morgan fingerprint density at radius 2 is 1.76 bits per heavy atom. The average Bonchev–Trinajstić information content (AvgIpc) is 3.08. The van der Waals surface area contributed by atoms with Gasteiger partial charge in [0.25, 0.3) is 5.91 Å². The van der Waals surface area contributed by atoms with Gasteiger partial charge in [0.2, 0.25) is 0 Å². The number of Topliss-reactive ketones (excluding diaryl/α,β-unsaturated/α-hetero) is 1. The van der Waals surface area contributed by atoms with Crippen LogP contribution in [0.3, 0.4) is 0 Å². The molecule has 1 fully saturated rings. The minimum absolute atomic E-state index is 0.142. The maximum absolute atomic E-state index is 12.8. The number of aromatic amines is 1. The number of hydrogen-bond donors (Lipinski definition) is 2. The molecule has 1 amide bonds. The number of carbonyl (C=O) groups excluding carboxylic acids is 2. The normalized spacial score (nSPS) is 17.9. The highest BCUT2D eigenvalue weighted by molar-refractivity contribution is 6.08. The summed E-state index contributed by atoms with van der Waals surface area (Å²) >= 11 is 0. The smallest absolute Gasteiger partial charge is 0.272 e. The molecule has 0 unspecified atom stereocenters. The number of carbonyl (C=O) groups is 2. The van der Waals surface area contributed by atoms with E-state index in [9.17, 15) is 9.59 Å². The molecule has 1 aliphatic carbocycles. The molecule has 1 saturated heterocycles. The number of rotatable bonds is 5. The molecule has 2 heterocycles. The van der Waals surface area contributed by atoms with Gasteiger partial charge >= 0.3 is 0 Å². The number of nitrogens with one attached hydrogen (secondary N) is 2. The van der Waals surface area contributed by atoms with Crippen molar-refractivity contribution in [1.82, 2.24) is 14.8 Å². The van der Waals surface area contributed by atoms with Crippen molar-refractivity contribution in [3.05, 3.63) is 52.3 Å². The number of aromatic nitrogens is 1. The SMILES string of the molecule is CCN1CCN(Cc2ccc(NC(=O)c3[nH]c4c(c3C)C(=O)CCC4)cc2)CC1.